The fourth-order valence-electron chi connectivity index (χ4n) is 2.89. The lowest BCUT2D eigenvalue weighted by molar-refractivity contribution is -0.130. The first-order valence-corrected chi connectivity index (χ1v) is 11.9. The highest BCUT2D eigenvalue weighted by Crippen LogP contribution is 2.18. The van der Waals surface area contributed by atoms with Gasteiger partial charge in [0.15, 0.2) is 9.84 Å². The number of amides is 1. The Hall–Kier alpha value is -3.27. The molecule has 3 rings (SSSR count). The summed E-state index contributed by atoms with van der Waals surface area (Å²) in [4.78, 5) is 18.4. The Balaban J connectivity index is 1.40. The van der Waals surface area contributed by atoms with E-state index in [2.05, 4.69) is 10.1 Å². The van der Waals surface area contributed by atoms with Crippen LogP contribution in [0.25, 0.3) is 11.4 Å². The lowest BCUT2D eigenvalue weighted by Gasteiger charge is -2.17. The van der Waals surface area contributed by atoms with E-state index >= 15 is 0 Å². The van der Waals surface area contributed by atoms with Crippen molar-refractivity contribution in [3.05, 3.63) is 60.2 Å². The van der Waals surface area contributed by atoms with E-state index in [1.807, 2.05) is 0 Å². The number of sulfone groups is 1. The summed E-state index contributed by atoms with van der Waals surface area (Å²) in [5.41, 5.74) is 0.631. The molecule has 0 aliphatic rings. The van der Waals surface area contributed by atoms with Crippen molar-refractivity contribution in [1.82, 2.24) is 15.0 Å². The van der Waals surface area contributed by atoms with E-state index in [-0.39, 0.29) is 23.0 Å². The highest BCUT2D eigenvalue weighted by Gasteiger charge is 2.14. The monoisotopic (exact) mass is 461 g/mol. The largest absolute Gasteiger partial charge is 0.493 e. The number of hydrogen-bond donors (Lipinski definition) is 0. The SMILES string of the molecule is CN(CCCOc1cccc(S(C)(=O)=O)c1)C(=O)CCc1nc(-c2ccc(F)cc2)no1. The Bertz CT molecular complexity index is 1160. The van der Waals surface area contributed by atoms with Crippen molar-refractivity contribution < 1.29 is 26.9 Å². The average molecular weight is 462 g/mol. The number of ether oxygens (including phenoxy) is 1. The van der Waals surface area contributed by atoms with E-state index in [9.17, 15) is 17.6 Å². The van der Waals surface area contributed by atoms with Crippen molar-refractivity contribution in [2.24, 2.45) is 0 Å². The molecule has 8 nitrogen and oxygen atoms in total. The zero-order valence-electron chi connectivity index (χ0n) is 17.8. The lowest BCUT2D eigenvalue weighted by Crippen LogP contribution is -2.28. The summed E-state index contributed by atoms with van der Waals surface area (Å²) in [6, 6.07) is 12.1. The van der Waals surface area contributed by atoms with Gasteiger partial charge in [-0.05, 0) is 48.9 Å². The molecule has 32 heavy (non-hydrogen) atoms. The zero-order chi connectivity index (χ0) is 23.1. The fourth-order valence-corrected chi connectivity index (χ4v) is 3.54. The Morgan fingerprint density at radius 3 is 2.66 bits per heavy atom. The van der Waals surface area contributed by atoms with Crippen LogP contribution in [0, 0.1) is 5.82 Å². The maximum absolute atomic E-state index is 13.0. The Morgan fingerprint density at radius 1 is 1.19 bits per heavy atom. The highest BCUT2D eigenvalue weighted by atomic mass is 32.2. The van der Waals surface area contributed by atoms with Crippen molar-refractivity contribution in [1.29, 1.82) is 0 Å². The summed E-state index contributed by atoms with van der Waals surface area (Å²) >= 11 is 0. The average Bonchev–Trinajstić information content (AvgIpc) is 3.24. The number of nitrogens with zero attached hydrogens (tertiary/aromatic N) is 3. The molecule has 0 bridgehead atoms. The molecule has 0 aliphatic carbocycles. The summed E-state index contributed by atoms with van der Waals surface area (Å²) < 4.78 is 47.0. The molecule has 0 aliphatic heterocycles. The quantitative estimate of drug-likeness (QED) is 0.427. The van der Waals surface area contributed by atoms with E-state index in [1.54, 1.807) is 36.2 Å². The predicted molar refractivity (Wildman–Crippen MR) is 115 cm³/mol. The Morgan fingerprint density at radius 2 is 1.94 bits per heavy atom. The molecular formula is C22H24FN3O5S. The lowest BCUT2D eigenvalue weighted by atomic mass is 10.2. The highest BCUT2D eigenvalue weighted by molar-refractivity contribution is 7.90. The van der Waals surface area contributed by atoms with Gasteiger partial charge in [0, 0.05) is 38.3 Å². The molecule has 0 atom stereocenters. The van der Waals surface area contributed by atoms with Gasteiger partial charge in [-0.3, -0.25) is 4.79 Å². The molecule has 0 spiro atoms. The first-order chi connectivity index (χ1) is 15.2. The number of hydrogen-bond acceptors (Lipinski definition) is 7. The third-order valence-corrected chi connectivity index (χ3v) is 5.80. The normalized spacial score (nSPS) is 11.3. The van der Waals surface area contributed by atoms with Crippen molar-refractivity contribution in [2.75, 3.05) is 26.5 Å². The number of carbonyl (C=O) groups is 1. The van der Waals surface area contributed by atoms with Gasteiger partial charge in [0.1, 0.15) is 11.6 Å². The van der Waals surface area contributed by atoms with Crippen LogP contribution in [0.2, 0.25) is 0 Å². The van der Waals surface area contributed by atoms with Crippen LogP contribution in [0.3, 0.4) is 0 Å². The minimum atomic E-state index is -3.29. The van der Waals surface area contributed by atoms with Gasteiger partial charge < -0.3 is 14.2 Å². The standard InChI is InChI=1S/C22H24FN3O5S/c1-26(13-4-14-30-18-5-3-6-19(15-18)32(2,28)29)21(27)12-11-20-24-22(25-31-20)16-7-9-17(23)10-8-16/h3,5-10,15H,4,11-14H2,1-2H3. The third kappa shape index (κ3) is 6.61. The van der Waals surface area contributed by atoms with E-state index < -0.39 is 9.84 Å². The van der Waals surface area contributed by atoms with Gasteiger partial charge in [0.25, 0.3) is 0 Å². The fraction of sp³-hybridized carbons (Fsp3) is 0.318. The van der Waals surface area contributed by atoms with E-state index in [0.29, 0.717) is 49.0 Å². The molecule has 0 fully saturated rings. The van der Waals surface area contributed by atoms with Crippen LogP contribution in [-0.2, 0) is 21.1 Å². The molecule has 0 saturated carbocycles. The van der Waals surface area contributed by atoms with Crippen LogP contribution in [0.4, 0.5) is 4.39 Å². The minimum Gasteiger partial charge on any atom is -0.493 e. The van der Waals surface area contributed by atoms with Crippen LogP contribution in [-0.4, -0.2) is 55.8 Å². The molecule has 1 aromatic heterocycles. The van der Waals surface area contributed by atoms with Gasteiger partial charge in [-0.2, -0.15) is 4.98 Å². The number of aryl methyl sites for hydroxylation is 1. The van der Waals surface area contributed by atoms with Crippen LogP contribution in [0.1, 0.15) is 18.7 Å². The summed E-state index contributed by atoms with van der Waals surface area (Å²) in [7, 11) is -1.59. The van der Waals surface area contributed by atoms with Gasteiger partial charge >= 0.3 is 0 Å². The number of aromatic nitrogens is 2. The number of halogens is 1. The second-order valence-electron chi connectivity index (χ2n) is 7.28. The van der Waals surface area contributed by atoms with Crippen molar-refractivity contribution in [2.45, 2.75) is 24.2 Å². The molecule has 1 heterocycles. The van der Waals surface area contributed by atoms with Crippen LogP contribution in [0.5, 0.6) is 5.75 Å². The summed E-state index contributed by atoms with van der Waals surface area (Å²) in [6.07, 6.45) is 2.23. The number of carbonyl (C=O) groups excluding carboxylic acids is 1. The zero-order valence-corrected chi connectivity index (χ0v) is 18.6. The van der Waals surface area contributed by atoms with Gasteiger partial charge in [-0.15, -0.1) is 0 Å². The molecule has 1 amide bonds. The maximum atomic E-state index is 13.0. The predicted octanol–water partition coefficient (Wildman–Crippen LogP) is 3.14. The van der Waals surface area contributed by atoms with E-state index in [4.69, 9.17) is 9.26 Å². The molecule has 0 saturated heterocycles. The van der Waals surface area contributed by atoms with Gasteiger partial charge in [-0.25, -0.2) is 12.8 Å². The van der Waals surface area contributed by atoms with Crippen molar-refractivity contribution in [3.63, 3.8) is 0 Å². The molecule has 3 aromatic rings. The van der Waals surface area contributed by atoms with E-state index in [1.165, 1.54) is 24.3 Å². The molecular weight excluding hydrogens is 437 g/mol. The first kappa shape index (κ1) is 23.4. The molecule has 0 unspecified atom stereocenters. The van der Waals surface area contributed by atoms with Crippen LogP contribution in [0.15, 0.2) is 57.9 Å². The molecule has 10 heteroatoms. The second-order valence-corrected chi connectivity index (χ2v) is 9.30. The van der Waals surface area contributed by atoms with Gasteiger partial charge in [0.2, 0.25) is 17.6 Å². The number of rotatable bonds is 10. The minimum absolute atomic E-state index is 0.0781. The summed E-state index contributed by atoms with van der Waals surface area (Å²) in [5.74, 6) is 0.720. The van der Waals surface area contributed by atoms with Crippen molar-refractivity contribution in [3.8, 4) is 17.1 Å². The molecule has 2 aromatic carbocycles. The second kappa shape index (κ2) is 10.4. The Labute approximate surface area is 185 Å². The first-order valence-electron chi connectivity index (χ1n) is 9.98. The van der Waals surface area contributed by atoms with Crippen LogP contribution >= 0.6 is 0 Å². The van der Waals surface area contributed by atoms with Crippen LogP contribution < -0.4 is 4.74 Å². The Kier molecular flexibility index (Phi) is 7.57. The molecule has 0 N–H and O–H groups in total. The number of benzene rings is 2. The summed E-state index contributed by atoms with van der Waals surface area (Å²) in [5, 5.41) is 3.86. The van der Waals surface area contributed by atoms with Gasteiger partial charge in [0.05, 0.1) is 11.5 Å². The smallest absolute Gasteiger partial charge is 0.227 e. The maximum Gasteiger partial charge on any atom is 0.227 e. The topological polar surface area (TPSA) is 103 Å². The van der Waals surface area contributed by atoms with E-state index in [0.717, 1.165) is 6.26 Å². The third-order valence-electron chi connectivity index (χ3n) is 4.69. The van der Waals surface area contributed by atoms with Crippen molar-refractivity contribution >= 4 is 15.7 Å². The molecule has 0 radical (unpaired) electrons. The van der Waals surface area contributed by atoms with Gasteiger partial charge in [-0.1, -0.05) is 11.2 Å². The summed E-state index contributed by atoms with van der Waals surface area (Å²) in [6.45, 7) is 0.824. The molecule has 170 valence electrons.